The number of nitrogens with zero attached hydrogens (tertiary/aromatic N) is 2. The Morgan fingerprint density at radius 2 is 1.85 bits per heavy atom. The van der Waals surface area contributed by atoms with Crippen LogP contribution in [0, 0.1) is 23.7 Å². The Hall–Kier alpha value is -4.08. The number of likely N-dealkylation sites (N-methyl/N-ethyl adjacent to an activating group) is 1. The molecule has 4 aliphatic heterocycles. The van der Waals surface area contributed by atoms with Gasteiger partial charge in [-0.2, -0.15) is 0 Å². The number of allylic oxidation sites excluding steroid dienone is 1. The highest BCUT2D eigenvalue weighted by atomic mass is 16.5. The van der Waals surface area contributed by atoms with Crippen LogP contribution in [0.1, 0.15) is 73.5 Å². The fraction of sp³-hybridized carbons (Fsp3) is 0.535. The fourth-order valence-corrected chi connectivity index (χ4v) is 12.1. The molecule has 1 saturated carbocycles. The molecule has 0 radical (unpaired) electrons. The second kappa shape index (κ2) is 12.5. The van der Waals surface area contributed by atoms with Gasteiger partial charge in [-0.1, -0.05) is 43.2 Å². The van der Waals surface area contributed by atoms with Crippen molar-refractivity contribution >= 4 is 33.7 Å². The topological polar surface area (TPSA) is 99.9 Å². The zero-order chi connectivity index (χ0) is 36.1. The van der Waals surface area contributed by atoms with Gasteiger partial charge >= 0.3 is 11.9 Å². The maximum Gasteiger partial charge on any atom is 0.319 e. The number of esters is 2. The number of aromatic nitrogens is 2. The predicted molar refractivity (Wildman–Crippen MR) is 202 cm³/mol. The first-order valence-electron chi connectivity index (χ1n) is 19.3. The zero-order valence-corrected chi connectivity index (χ0v) is 31.4. The van der Waals surface area contributed by atoms with E-state index in [0.29, 0.717) is 11.8 Å². The third-order valence-electron chi connectivity index (χ3n) is 14.1. The predicted octanol–water partition coefficient (Wildman–Crippen LogP) is 6.49. The quantitative estimate of drug-likeness (QED) is 0.181. The number of likely N-dealkylation sites (tertiary alicyclic amines) is 1. The summed E-state index contributed by atoms with van der Waals surface area (Å²) in [5, 5.41) is 2.32. The van der Waals surface area contributed by atoms with E-state index >= 15 is 0 Å². The molecule has 0 amide bonds. The number of rotatable bonds is 5. The van der Waals surface area contributed by atoms with Crippen molar-refractivity contribution in [3.05, 3.63) is 76.1 Å². The maximum absolute atomic E-state index is 14.2. The Morgan fingerprint density at radius 3 is 2.60 bits per heavy atom. The second-order valence-corrected chi connectivity index (χ2v) is 16.3. The van der Waals surface area contributed by atoms with Crippen molar-refractivity contribution < 1.29 is 23.8 Å². The molecule has 2 aromatic carbocycles. The molecule has 3 unspecified atom stereocenters. The van der Waals surface area contributed by atoms with Gasteiger partial charge in [0.2, 0.25) is 0 Å². The van der Waals surface area contributed by atoms with Crippen molar-refractivity contribution in [1.29, 1.82) is 0 Å². The molecule has 2 aliphatic carbocycles. The van der Waals surface area contributed by atoms with Gasteiger partial charge in [0.15, 0.2) is 0 Å². The van der Waals surface area contributed by atoms with Crippen LogP contribution in [-0.4, -0.2) is 91.8 Å². The van der Waals surface area contributed by atoms with E-state index in [0.717, 1.165) is 85.2 Å². The van der Waals surface area contributed by atoms with Crippen LogP contribution in [0.3, 0.4) is 0 Å². The van der Waals surface area contributed by atoms with Crippen LogP contribution in [0.4, 0.5) is 0 Å². The molecule has 10 rings (SSSR count). The van der Waals surface area contributed by atoms with Crippen LogP contribution in [0.25, 0.3) is 21.8 Å². The van der Waals surface area contributed by atoms with E-state index in [2.05, 4.69) is 83.1 Å². The van der Waals surface area contributed by atoms with Gasteiger partial charge < -0.3 is 24.2 Å². The summed E-state index contributed by atoms with van der Waals surface area (Å²) in [7, 11) is 6.99. The van der Waals surface area contributed by atoms with Crippen LogP contribution in [-0.2, 0) is 37.3 Å². The summed E-state index contributed by atoms with van der Waals surface area (Å²) >= 11 is 0. The van der Waals surface area contributed by atoms with Crippen LogP contribution < -0.4 is 4.74 Å². The van der Waals surface area contributed by atoms with Gasteiger partial charge in [-0.25, -0.2) is 0 Å². The number of para-hydroxylation sites is 1. The van der Waals surface area contributed by atoms with Gasteiger partial charge in [0.05, 0.1) is 27.2 Å². The molecule has 3 saturated heterocycles. The highest BCUT2D eigenvalue weighted by Crippen LogP contribution is 2.56. The Kier molecular flexibility index (Phi) is 8.12. The fourth-order valence-electron chi connectivity index (χ4n) is 12.1. The number of ether oxygens (including phenoxy) is 3. The van der Waals surface area contributed by atoms with E-state index in [9.17, 15) is 9.59 Å². The first-order valence-corrected chi connectivity index (χ1v) is 19.3. The van der Waals surface area contributed by atoms with E-state index in [1.807, 2.05) is 0 Å². The lowest BCUT2D eigenvalue weighted by Gasteiger charge is -2.57. The van der Waals surface area contributed by atoms with E-state index in [4.69, 9.17) is 14.2 Å². The molecular weight excluding hydrogens is 652 g/mol. The number of carbonyl (C=O) groups excluding carboxylic acids is 2. The summed E-state index contributed by atoms with van der Waals surface area (Å²) in [5.41, 5.74) is 8.48. The van der Waals surface area contributed by atoms with E-state index in [1.54, 1.807) is 14.2 Å². The molecule has 0 spiro atoms. The highest BCUT2D eigenvalue weighted by Gasteiger charge is 2.62. The van der Waals surface area contributed by atoms with Gasteiger partial charge in [0.25, 0.3) is 0 Å². The molecule has 2 N–H and O–H groups in total. The average Bonchev–Trinajstić information content (AvgIpc) is 3.69. The van der Waals surface area contributed by atoms with Crippen molar-refractivity contribution in [3.63, 3.8) is 0 Å². The van der Waals surface area contributed by atoms with Crippen molar-refractivity contribution in [2.45, 2.75) is 75.8 Å². The molecule has 9 nitrogen and oxygen atoms in total. The molecule has 9 heteroatoms. The first kappa shape index (κ1) is 33.7. The number of fused-ring (bicyclic) bond motifs is 9. The normalized spacial score (nSPS) is 33.2. The number of carbonyl (C=O) groups is 2. The van der Waals surface area contributed by atoms with Crippen molar-refractivity contribution in [1.82, 2.24) is 19.8 Å². The molecule has 6 aliphatic rings. The highest BCUT2D eigenvalue weighted by molar-refractivity contribution is 5.93. The van der Waals surface area contributed by atoms with E-state index < -0.39 is 5.41 Å². The summed E-state index contributed by atoms with van der Waals surface area (Å²) in [5.74, 6) is 1.11. The average molecular weight is 705 g/mol. The third kappa shape index (κ3) is 4.67. The Balaban J connectivity index is 1.27. The van der Waals surface area contributed by atoms with Gasteiger partial charge in [0.1, 0.15) is 11.2 Å². The summed E-state index contributed by atoms with van der Waals surface area (Å²) < 4.78 is 17.6. The Bertz CT molecular complexity index is 2110. The van der Waals surface area contributed by atoms with Crippen LogP contribution in [0.5, 0.6) is 5.75 Å². The zero-order valence-electron chi connectivity index (χ0n) is 31.4. The lowest BCUT2D eigenvalue weighted by atomic mass is 9.56. The summed E-state index contributed by atoms with van der Waals surface area (Å²) in [6.07, 6.45) is 7.59. The molecule has 9 atom stereocenters. The van der Waals surface area contributed by atoms with Gasteiger partial charge in [-0.3, -0.25) is 19.4 Å². The first-order chi connectivity index (χ1) is 25.3. The minimum absolute atomic E-state index is 0.00122. The number of piperidine rings is 3. The maximum atomic E-state index is 14.2. The number of methoxy groups -OCH3 is 3. The van der Waals surface area contributed by atoms with Crippen LogP contribution in [0.2, 0.25) is 0 Å². The van der Waals surface area contributed by atoms with Crippen LogP contribution in [0.15, 0.2) is 48.0 Å². The molecule has 2 aromatic heterocycles. The Labute approximate surface area is 306 Å². The van der Waals surface area contributed by atoms with Crippen LogP contribution >= 0.6 is 0 Å². The largest absolute Gasteiger partial charge is 0.496 e. The standard InChI is InChI=1S/C43H52N4O5/c1-7-24-15-23-20-43(42(49)52-6)39-27(13-14-47(21-23)40(24)43)29-19-36(50-4)30(17-34(29)45-39)31-16-28-25(8-2)22-46(3)35(37(28)41(48)51-5)18-32-26-11-9-10-12-33(26)44-38(31)32/h8-12,17,19,23-24,28,31,35,37,40,44-45H,7,13-16,18,20-22H2,1-6H3/t23-,24-,28+,31-,35+,37?,40?,43+/m1/s1. The molecule has 274 valence electrons. The number of H-pyrrole nitrogens is 2. The Morgan fingerprint density at radius 1 is 1.02 bits per heavy atom. The molecule has 6 bridgehead atoms. The minimum atomic E-state index is -0.725. The third-order valence-corrected chi connectivity index (χ3v) is 14.1. The van der Waals surface area contributed by atoms with Gasteiger partial charge in [-0.05, 0) is 93.2 Å². The number of hydrogen-bond donors (Lipinski definition) is 2. The van der Waals surface area contributed by atoms with Crippen molar-refractivity contribution in [2.75, 3.05) is 48.0 Å². The van der Waals surface area contributed by atoms with Crippen molar-refractivity contribution in [2.24, 2.45) is 23.7 Å². The molecule has 4 fully saturated rings. The SMILES string of the molecule is CC=C1CN(C)[C@H]2Cc3c([nH]c4ccccc34)[C@@H](c3cc4[nH]c5c(c4cc3OC)CCN3C[C@@H]4C[C@@H](CC)C3[C@]5(C(=O)OC)C4)C[C@@H]1C2C(=O)OC. The minimum Gasteiger partial charge on any atom is -0.496 e. The van der Waals surface area contributed by atoms with Crippen molar-refractivity contribution in [3.8, 4) is 5.75 Å². The molecule has 6 heterocycles. The summed E-state index contributed by atoms with van der Waals surface area (Å²) in [4.78, 5) is 40.8. The van der Waals surface area contributed by atoms with Gasteiger partial charge in [-0.15, -0.1) is 0 Å². The number of benzene rings is 2. The smallest absolute Gasteiger partial charge is 0.319 e. The van der Waals surface area contributed by atoms with Gasteiger partial charge in [0, 0.05) is 76.4 Å². The monoisotopic (exact) mass is 704 g/mol. The summed E-state index contributed by atoms with van der Waals surface area (Å²) in [6.45, 7) is 7.17. The summed E-state index contributed by atoms with van der Waals surface area (Å²) in [6, 6.07) is 13.2. The number of hydrogen-bond acceptors (Lipinski definition) is 7. The number of aromatic amines is 2. The van der Waals surface area contributed by atoms with E-state index in [-0.39, 0.29) is 41.8 Å². The molecular formula is C43H52N4O5. The second-order valence-electron chi connectivity index (χ2n) is 16.3. The molecule has 52 heavy (non-hydrogen) atoms. The lowest BCUT2D eigenvalue weighted by molar-refractivity contribution is -0.162. The number of nitrogens with one attached hydrogen (secondary N) is 2. The lowest BCUT2D eigenvalue weighted by Crippen LogP contribution is -2.67. The molecule has 4 aromatic rings. The van der Waals surface area contributed by atoms with E-state index in [1.165, 1.54) is 41.3 Å².